The first kappa shape index (κ1) is 24.0. The number of carbonyl (C=O) groups is 1. The summed E-state index contributed by atoms with van der Waals surface area (Å²) in [6.07, 6.45) is 0. The van der Waals surface area contributed by atoms with Crippen molar-refractivity contribution in [2.45, 2.75) is 0 Å². The van der Waals surface area contributed by atoms with E-state index in [1.807, 2.05) is 36.4 Å². The van der Waals surface area contributed by atoms with Gasteiger partial charge in [-0.3, -0.25) is 10.1 Å². The molecule has 0 spiro atoms. The number of para-hydroxylation sites is 1. The first-order valence-electron chi connectivity index (χ1n) is 10.7. The van der Waals surface area contributed by atoms with Crippen LogP contribution in [0.25, 0.3) is 33.4 Å². The summed E-state index contributed by atoms with van der Waals surface area (Å²) in [5, 5.41) is 6.68. The van der Waals surface area contributed by atoms with Crippen LogP contribution in [0, 0.1) is 0 Å². The molecule has 3 aromatic carbocycles. The van der Waals surface area contributed by atoms with Gasteiger partial charge in [0.1, 0.15) is 11.3 Å². The van der Waals surface area contributed by atoms with Gasteiger partial charge in [-0.1, -0.05) is 63.9 Å². The number of benzene rings is 3. The minimum atomic E-state index is -0.493. The second kappa shape index (κ2) is 10.1. The highest BCUT2D eigenvalue weighted by molar-refractivity contribution is 9.10. The van der Waals surface area contributed by atoms with Gasteiger partial charge < -0.3 is 14.2 Å². The molecule has 6 nitrogen and oxygen atoms in total. The molecule has 0 radical (unpaired) electrons. The molecule has 0 aliphatic carbocycles. The van der Waals surface area contributed by atoms with Crippen molar-refractivity contribution in [1.29, 1.82) is 0 Å². The van der Waals surface area contributed by atoms with Crippen LogP contribution in [0.2, 0.25) is 5.02 Å². The molecule has 0 bridgehead atoms. The molecular formula is C27H16BrClN2O4S. The number of furan rings is 1. The van der Waals surface area contributed by atoms with Gasteiger partial charge in [0.15, 0.2) is 10.9 Å². The van der Waals surface area contributed by atoms with E-state index >= 15 is 0 Å². The summed E-state index contributed by atoms with van der Waals surface area (Å²) in [6.45, 7) is 0. The Hall–Kier alpha value is -3.72. The van der Waals surface area contributed by atoms with Crippen LogP contribution in [0.15, 0.2) is 103 Å². The van der Waals surface area contributed by atoms with Crippen LogP contribution < -0.4 is 16.3 Å². The molecule has 0 atom stereocenters. The van der Waals surface area contributed by atoms with Crippen molar-refractivity contribution in [2.24, 2.45) is 0 Å². The van der Waals surface area contributed by atoms with E-state index in [4.69, 9.17) is 32.7 Å². The summed E-state index contributed by atoms with van der Waals surface area (Å²) >= 11 is 15.1. The molecule has 9 heteroatoms. The Morgan fingerprint density at radius 2 is 1.67 bits per heavy atom. The van der Waals surface area contributed by atoms with Gasteiger partial charge in [0.25, 0.3) is 5.91 Å². The summed E-state index contributed by atoms with van der Waals surface area (Å²) in [5.41, 5.74) is 2.26. The minimum Gasteiger partial charge on any atom is -0.451 e. The fourth-order valence-corrected chi connectivity index (χ4v) is 4.37. The Bertz CT molecular complexity index is 1680. The van der Waals surface area contributed by atoms with Crippen LogP contribution in [0.3, 0.4) is 0 Å². The third-order valence-electron chi connectivity index (χ3n) is 5.34. The first-order chi connectivity index (χ1) is 17.4. The normalized spacial score (nSPS) is 10.8. The summed E-state index contributed by atoms with van der Waals surface area (Å²) in [7, 11) is 0. The molecule has 0 saturated heterocycles. The first-order valence-corrected chi connectivity index (χ1v) is 12.3. The lowest BCUT2D eigenvalue weighted by atomic mass is 10.1. The summed E-state index contributed by atoms with van der Waals surface area (Å²) in [5.74, 6) is 0.188. The molecule has 0 saturated carbocycles. The number of hydrogen-bond donors (Lipinski definition) is 2. The van der Waals surface area contributed by atoms with Crippen molar-refractivity contribution in [3.63, 3.8) is 0 Å². The van der Waals surface area contributed by atoms with E-state index in [2.05, 4.69) is 26.6 Å². The van der Waals surface area contributed by atoms with Crippen LogP contribution in [-0.2, 0) is 0 Å². The van der Waals surface area contributed by atoms with Crippen LogP contribution in [0.5, 0.6) is 0 Å². The number of hydrogen-bond acceptors (Lipinski definition) is 5. The van der Waals surface area contributed by atoms with Crippen molar-refractivity contribution in [3.05, 3.63) is 111 Å². The van der Waals surface area contributed by atoms with Crippen molar-refractivity contribution in [3.8, 4) is 22.5 Å². The van der Waals surface area contributed by atoms with Crippen molar-refractivity contribution < 1.29 is 13.6 Å². The summed E-state index contributed by atoms with van der Waals surface area (Å²) < 4.78 is 12.0. The van der Waals surface area contributed by atoms with Gasteiger partial charge >= 0.3 is 5.63 Å². The summed E-state index contributed by atoms with van der Waals surface area (Å²) in [4.78, 5) is 25.1. The summed E-state index contributed by atoms with van der Waals surface area (Å²) in [6, 6.07) is 24.8. The molecule has 2 N–H and O–H groups in total. The highest BCUT2D eigenvalue weighted by Gasteiger charge is 2.15. The van der Waals surface area contributed by atoms with E-state index in [1.54, 1.807) is 48.5 Å². The Labute approximate surface area is 224 Å². The zero-order valence-corrected chi connectivity index (χ0v) is 21.5. The quantitative estimate of drug-likeness (QED) is 0.172. The van der Waals surface area contributed by atoms with E-state index in [0.29, 0.717) is 33.2 Å². The predicted molar refractivity (Wildman–Crippen MR) is 148 cm³/mol. The van der Waals surface area contributed by atoms with E-state index in [0.717, 1.165) is 15.4 Å². The molecule has 2 aromatic heterocycles. The molecule has 0 fully saturated rings. The minimum absolute atomic E-state index is 0.0654. The van der Waals surface area contributed by atoms with Crippen molar-refractivity contribution in [2.75, 3.05) is 5.32 Å². The third kappa shape index (κ3) is 5.11. The van der Waals surface area contributed by atoms with Crippen LogP contribution in [-0.4, -0.2) is 11.0 Å². The number of thiocarbonyl (C=S) groups is 1. The SMILES string of the molecule is O=C(NC(=S)Nc1ccc(-c2cc3ccccc3oc2=O)c(Cl)c1)c1ccc(-c2ccc(Br)cc2)o1. The monoisotopic (exact) mass is 578 g/mol. The number of fused-ring (bicyclic) bond motifs is 1. The van der Waals surface area contributed by atoms with Crippen molar-refractivity contribution in [1.82, 2.24) is 5.32 Å². The standard InChI is InChI=1S/C27H16BrClN2O4S/c28-17-7-5-15(6-8-17)23-11-12-24(34-23)25(32)31-27(36)30-18-9-10-19(21(29)14-18)20-13-16-3-1-2-4-22(16)35-26(20)33/h1-14H,(H2,30,31,32,36). The van der Waals surface area contributed by atoms with E-state index < -0.39 is 11.5 Å². The second-order valence-electron chi connectivity index (χ2n) is 7.76. The molecule has 2 heterocycles. The zero-order valence-electron chi connectivity index (χ0n) is 18.4. The number of anilines is 1. The largest absolute Gasteiger partial charge is 0.451 e. The molecule has 1 amide bonds. The Morgan fingerprint density at radius 1 is 0.889 bits per heavy atom. The number of carbonyl (C=O) groups excluding carboxylic acids is 1. The third-order valence-corrected chi connectivity index (χ3v) is 6.39. The van der Waals surface area contributed by atoms with E-state index in [1.165, 1.54) is 0 Å². The Balaban J connectivity index is 1.28. The molecule has 36 heavy (non-hydrogen) atoms. The maximum Gasteiger partial charge on any atom is 0.344 e. The van der Waals surface area contributed by atoms with Crippen LogP contribution >= 0.6 is 39.7 Å². The van der Waals surface area contributed by atoms with Gasteiger partial charge in [0.05, 0.1) is 10.6 Å². The molecule has 5 aromatic rings. The van der Waals surface area contributed by atoms with Crippen molar-refractivity contribution >= 4 is 67.4 Å². The fourth-order valence-electron chi connectivity index (χ4n) is 3.62. The predicted octanol–water partition coefficient (Wildman–Crippen LogP) is 7.26. The lowest BCUT2D eigenvalue weighted by Gasteiger charge is -2.11. The average molecular weight is 580 g/mol. The lowest BCUT2D eigenvalue weighted by molar-refractivity contribution is 0.0951. The van der Waals surface area contributed by atoms with Gasteiger partial charge in [0.2, 0.25) is 0 Å². The van der Waals surface area contributed by atoms with E-state index in [-0.39, 0.29) is 10.9 Å². The Morgan fingerprint density at radius 3 is 2.44 bits per heavy atom. The molecule has 0 unspecified atom stereocenters. The average Bonchev–Trinajstić information content (AvgIpc) is 3.35. The molecule has 178 valence electrons. The molecule has 0 aliphatic heterocycles. The number of amides is 1. The fraction of sp³-hybridized carbons (Fsp3) is 0. The van der Waals surface area contributed by atoms with Crippen LogP contribution in [0.1, 0.15) is 10.6 Å². The second-order valence-corrected chi connectivity index (χ2v) is 9.49. The zero-order chi connectivity index (χ0) is 25.2. The molecule has 0 aliphatic rings. The highest BCUT2D eigenvalue weighted by Crippen LogP contribution is 2.30. The van der Waals surface area contributed by atoms with Gasteiger partial charge in [-0.05, 0) is 60.7 Å². The van der Waals surface area contributed by atoms with Crippen LogP contribution in [0.4, 0.5) is 5.69 Å². The highest BCUT2D eigenvalue weighted by atomic mass is 79.9. The molecule has 5 rings (SSSR count). The van der Waals surface area contributed by atoms with E-state index in [9.17, 15) is 9.59 Å². The topological polar surface area (TPSA) is 84.5 Å². The molecular weight excluding hydrogens is 564 g/mol. The lowest BCUT2D eigenvalue weighted by Crippen LogP contribution is -2.33. The number of nitrogens with one attached hydrogen (secondary N) is 2. The Kier molecular flexibility index (Phi) is 6.73. The van der Waals surface area contributed by atoms with Gasteiger partial charge in [0, 0.05) is 26.7 Å². The van der Waals surface area contributed by atoms with Gasteiger partial charge in [-0.15, -0.1) is 0 Å². The van der Waals surface area contributed by atoms with Gasteiger partial charge in [-0.2, -0.15) is 0 Å². The smallest absolute Gasteiger partial charge is 0.344 e. The van der Waals surface area contributed by atoms with Gasteiger partial charge in [-0.25, -0.2) is 4.79 Å². The number of rotatable bonds is 4. The number of halogens is 2. The maximum absolute atomic E-state index is 12.6. The maximum atomic E-state index is 12.6.